The second kappa shape index (κ2) is 8.28. The van der Waals surface area contributed by atoms with E-state index in [4.69, 9.17) is 4.74 Å². The monoisotopic (exact) mass is 414 g/mol. The Morgan fingerprint density at radius 3 is 2.81 bits per heavy atom. The number of fused-ring (bicyclic) bond motifs is 1. The molecule has 1 fully saturated rings. The number of aromatic amines is 1. The van der Waals surface area contributed by atoms with Crippen LogP contribution in [0.3, 0.4) is 0 Å². The van der Waals surface area contributed by atoms with Crippen LogP contribution in [0.15, 0.2) is 54.9 Å². The van der Waals surface area contributed by atoms with Crippen LogP contribution in [0.1, 0.15) is 47.7 Å². The highest BCUT2D eigenvalue weighted by molar-refractivity contribution is 5.89. The molecule has 5 rings (SSSR count). The Morgan fingerprint density at radius 1 is 1.10 bits per heavy atom. The van der Waals surface area contributed by atoms with Gasteiger partial charge in [-0.2, -0.15) is 0 Å². The van der Waals surface area contributed by atoms with Crippen molar-refractivity contribution in [1.29, 1.82) is 0 Å². The van der Waals surface area contributed by atoms with Crippen LogP contribution in [0.2, 0.25) is 0 Å². The van der Waals surface area contributed by atoms with Gasteiger partial charge in [0.25, 0.3) is 0 Å². The first-order valence-electron chi connectivity index (χ1n) is 10.4. The number of ether oxygens (including phenoxy) is 1. The van der Waals surface area contributed by atoms with Crippen LogP contribution >= 0.6 is 0 Å². The Hall–Kier alpha value is -3.58. The van der Waals surface area contributed by atoms with E-state index in [0.29, 0.717) is 35.0 Å². The summed E-state index contributed by atoms with van der Waals surface area (Å²) in [7, 11) is 0. The minimum Gasteiger partial charge on any atom is -0.437 e. The molecule has 0 unspecified atom stereocenters. The van der Waals surface area contributed by atoms with Crippen LogP contribution in [-0.2, 0) is 0 Å². The molecule has 7 heteroatoms. The Balaban J connectivity index is 1.50. The molecule has 0 saturated heterocycles. The van der Waals surface area contributed by atoms with Crippen molar-refractivity contribution in [2.24, 2.45) is 0 Å². The maximum absolute atomic E-state index is 11.6. The third-order valence-corrected chi connectivity index (χ3v) is 5.74. The van der Waals surface area contributed by atoms with E-state index in [1.807, 2.05) is 24.3 Å². The van der Waals surface area contributed by atoms with Gasteiger partial charge in [0.1, 0.15) is 17.3 Å². The molecule has 31 heavy (non-hydrogen) atoms. The molecule has 1 aliphatic rings. The minimum absolute atomic E-state index is 0.108. The average molecular weight is 414 g/mol. The zero-order chi connectivity index (χ0) is 21.2. The van der Waals surface area contributed by atoms with Crippen LogP contribution in [0.25, 0.3) is 22.4 Å². The van der Waals surface area contributed by atoms with Crippen LogP contribution in [0, 0.1) is 0 Å². The predicted octanol–water partition coefficient (Wildman–Crippen LogP) is 4.64. The van der Waals surface area contributed by atoms with E-state index in [0.717, 1.165) is 42.3 Å². The number of imidazole rings is 1. The standard InChI is InChI=1S/C24H22N4O3/c29-14-16-8-9-18(13-19(16)23-27-20-6-1-2-7-21(20)28-23)31-24-22(25-10-11-26-24)15-4-3-5-17(30)12-15/h1-2,6-11,13-15,17,30H,3-5,12H2,(H,27,28)/t15-,17+/m0/s1. The molecule has 0 aliphatic heterocycles. The molecule has 2 aromatic carbocycles. The SMILES string of the molecule is O=Cc1ccc(Oc2nccnc2[C@H]2CCC[C@@H](O)C2)cc1-c1nc2ccccc2[nH]1. The summed E-state index contributed by atoms with van der Waals surface area (Å²) in [5.74, 6) is 1.68. The van der Waals surface area contributed by atoms with Crippen molar-refractivity contribution in [1.82, 2.24) is 19.9 Å². The summed E-state index contributed by atoms with van der Waals surface area (Å²) in [6, 6.07) is 13.0. The molecule has 0 radical (unpaired) electrons. The molecule has 1 saturated carbocycles. The molecule has 7 nitrogen and oxygen atoms in total. The Labute approximate surface area is 179 Å². The molecule has 2 aromatic heterocycles. The first-order valence-corrected chi connectivity index (χ1v) is 10.4. The van der Waals surface area contributed by atoms with Gasteiger partial charge in [0, 0.05) is 29.4 Å². The highest BCUT2D eigenvalue weighted by atomic mass is 16.5. The van der Waals surface area contributed by atoms with E-state index in [1.54, 1.807) is 30.6 Å². The van der Waals surface area contributed by atoms with Crippen molar-refractivity contribution >= 4 is 17.3 Å². The number of aliphatic hydroxyl groups excluding tert-OH is 1. The average Bonchev–Trinajstić information content (AvgIpc) is 3.24. The molecule has 2 atom stereocenters. The van der Waals surface area contributed by atoms with Gasteiger partial charge >= 0.3 is 0 Å². The number of carbonyl (C=O) groups excluding carboxylic acids is 1. The second-order valence-corrected chi connectivity index (χ2v) is 7.84. The van der Waals surface area contributed by atoms with E-state index >= 15 is 0 Å². The lowest BCUT2D eigenvalue weighted by atomic mass is 9.85. The number of H-pyrrole nitrogens is 1. The number of rotatable bonds is 5. The number of para-hydroxylation sites is 2. The van der Waals surface area contributed by atoms with Gasteiger partial charge in [-0.25, -0.2) is 9.97 Å². The number of hydrogen-bond acceptors (Lipinski definition) is 6. The van der Waals surface area contributed by atoms with Crippen molar-refractivity contribution in [3.8, 4) is 23.0 Å². The molecular weight excluding hydrogens is 392 g/mol. The molecule has 0 bridgehead atoms. The lowest BCUT2D eigenvalue weighted by Crippen LogP contribution is -2.19. The van der Waals surface area contributed by atoms with Crippen LogP contribution < -0.4 is 4.74 Å². The zero-order valence-corrected chi connectivity index (χ0v) is 16.9. The number of hydrogen-bond donors (Lipinski definition) is 2. The van der Waals surface area contributed by atoms with E-state index in [1.165, 1.54) is 0 Å². The third kappa shape index (κ3) is 3.92. The molecule has 2 heterocycles. The van der Waals surface area contributed by atoms with Crippen molar-refractivity contribution in [3.63, 3.8) is 0 Å². The fraction of sp³-hybridized carbons (Fsp3) is 0.250. The number of benzene rings is 2. The Morgan fingerprint density at radius 2 is 1.97 bits per heavy atom. The molecule has 0 spiro atoms. The summed E-state index contributed by atoms with van der Waals surface area (Å²) in [5, 5.41) is 10.1. The topological polar surface area (TPSA) is 101 Å². The number of carbonyl (C=O) groups is 1. The third-order valence-electron chi connectivity index (χ3n) is 5.74. The highest BCUT2D eigenvalue weighted by Crippen LogP contribution is 2.37. The lowest BCUT2D eigenvalue weighted by Gasteiger charge is -2.26. The minimum atomic E-state index is -0.319. The molecular formula is C24H22N4O3. The van der Waals surface area contributed by atoms with Gasteiger partial charge in [0.05, 0.1) is 17.1 Å². The van der Waals surface area contributed by atoms with E-state index in [9.17, 15) is 9.90 Å². The van der Waals surface area contributed by atoms with Crippen molar-refractivity contribution < 1.29 is 14.6 Å². The van der Waals surface area contributed by atoms with Gasteiger partial charge in [0.15, 0.2) is 6.29 Å². The van der Waals surface area contributed by atoms with E-state index in [-0.39, 0.29) is 12.0 Å². The quantitative estimate of drug-likeness (QED) is 0.461. The molecule has 156 valence electrons. The van der Waals surface area contributed by atoms with Gasteiger partial charge in [-0.1, -0.05) is 18.6 Å². The number of nitrogens with one attached hydrogen (secondary N) is 1. The molecule has 1 aliphatic carbocycles. The first kappa shape index (κ1) is 19.4. The van der Waals surface area contributed by atoms with E-state index in [2.05, 4.69) is 19.9 Å². The normalized spacial score (nSPS) is 18.7. The molecule has 0 amide bonds. The predicted molar refractivity (Wildman–Crippen MR) is 116 cm³/mol. The maximum atomic E-state index is 11.6. The molecule has 2 N–H and O–H groups in total. The number of aldehydes is 1. The maximum Gasteiger partial charge on any atom is 0.241 e. The number of aromatic nitrogens is 4. The van der Waals surface area contributed by atoms with Gasteiger partial charge in [-0.15, -0.1) is 0 Å². The van der Waals surface area contributed by atoms with E-state index < -0.39 is 0 Å². The fourth-order valence-electron chi connectivity index (χ4n) is 4.21. The summed E-state index contributed by atoms with van der Waals surface area (Å²) in [4.78, 5) is 28.4. The molecule has 4 aromatic rings. The lowest BCUT2D eigenvalue weighted by molar-refractivity contribution is 0.112. The Bertz CT molecular complexity index is 1200. The second-order valence-electron chi connectivity index (χ2n) is 7.84. The number of aliphatic hydroxyl groups is 1. The van der Waals surface area contributed by atoms with Crippen molar-refractivity contribution in [2.45, 2.75) is 37.7 Å². The summed E-state index contributed by atoms with van der Waals surface area (Å²) < 4.78 is 6.12. The van der Waals surface area contributed by atoms with Crippen molar-refractivity contribution in [2.75, 3.05) is 0 Å². The summed E-state index contributed by atoms with van der Waals surface area (Å²) >= 11 is 0. The number of nitrogens with zero attached hydrogens (tertiary/aromatic N) is 3. The van der Waals surface area contributed by atoms with Crippen LogP contribution in [0.4, 0.5) is 0 Å². The smallest absolute Gasteiger partial charge is 0.241 e. The zero-order valence-electron chi connectivity index (χ0n) is 16.9. The fourth-order valence-corrected chi connectivity index (χ4v) is 4.21. The van der Waals surface area contributed by atoms with Gasteiger partial charge in [-0.05, 0) is 49.6 Å². The van der Waals surface area contributed by atoms with Crippen molar-refractivity contribution in [3.05, 3.63) is 66.1 Å². The van der Waals surface area contributed by atoms with Crippen LogP contribution in [0.5, 0.6) is 11.6 Å². The Kier molecular flexibility index (Phi) is 5.18. The highest BCUT2D eigenvalue weighted by Gasteiger charge is 2.26. The van der Waals surface area contributed by atoms with Gasteiger partial charge in [0.2, 0.25) is 5.88 Å². The van der Waals surface area contributed by atoms with Gasteiger partial charge in [-0.3, -0.25) is 9.78 Å². The summed E-state index contributed by atoms with van der Waals surface area (Å²) in [6.07, 6.45) is 7.11. The van der Waals surface area contributed by atoms with Crippen LogP contribution in [-0.4, -0.2) is 37.4 Å². The summed E-state index contributed by atoms with van der Waals surface area (Å²) in [5.41, 5.74) is 3.65. The first-order chi connectivity index (χ1) is 15.2. The van der Waals surface area contributed by atoms with Gasteiger partial charge < -0.3 is 14.8 Å². The summed E-state index contributed by atoms with van der Waals surface area (Å²) in [6.45, 7) is 0. The largest absolute Gasteiger partial charge is 0.437 e.